The van der Waals surface area contributed by atoms with Gasteiger partial charge in [0.15, 0.2) is 0 Å². The lowest BCUT2D eigenvalue weighted by molar-refractivity contribution is 0.234. The molecule has 2 N–H and O–H groups in total. The number of rotatable bonds is 5. The van der Waals surface area contributed by atoms with Crippen molar-refractivity contribution in [3.05, 3.63) is 34.6 Å². The van der Waals surface area contributed by atoms with Crippen LogP contribution in [0.4, 0.5) is 4.39 Å². The predicted molar refractivity (Wildman–Crippen MR) is 81.5 cm³/mol. The molecule has 0 aromatic heterocycles. The van der Waals surface area contributed by atoms with Crippen LogP contribution in [0.2, 0.25) is 5.02 Å². The molecule has 3 nitrogen and oxygen atoms in total. The molecule has 6 heteroatoms. The zero-order valence-electron chi connectivity index (χ0n) is 12.2. The first-order valence-corrected chi connectivity index (χ1v) is 7.89. The Bertz CT molecular complexity index is 467. The first-order valence-electron chi connectivity index (χ1n) is 6.37. The van der Waals surface area contributed by atoms with Crippen molar-refractivity contribution in [2.75, 3.05) is 6.61 Å². The largest absolute Gasteiger partial charge is 0.598 e. The average Bonchev–Trinajstić information content (AvgIpc) is 2.31. The van der Waals surface area contributed by atoms with Gasteiger partial charge in [-0.25, -0.2) is 4.39 Å². The fourth-order valence-corrected chi connectivity index (χ4v) is 2.85. The summed E-state index contributed by atoms with van der Waals surface area (Å²) in [5.74, 6) is -0.552. The molecule has 0 aliphatic heterocycles. The SMILES string of the molecule is CC(C)(C)[S@@+]([O-])N[C@@](C)(CCO)c1cccc(Cl)c1F. The molecule has 0 saturated carbocycles. The lowest BCUT2D eigenvalue weighted by atomic mass is 9.89. The van der Waals surface area contributed by atoms with E-state index < -0.39 is 27.5 Å². The van der Waals surface area contributed by atoms with Crippen molar-refractivity contribution in [2.24, 2.45) is 0 Å². The molecule has 2 atom stereocenters. The van der Waals surface area contributed by atoms with Gasteiger partial charge < -0.3 is 9.66 Å². The molecule has 114 valence electrons. The first-order chi connectivity index (χ1) is 9.12. The number of halogens is 2. The normalized spacial score (nSPS) is 16.8. The van der Waals surface area contributed by atoms with Crippen LogP contribution in [-0.4, -0.2) is 21.0 Å². The summed E-state index contributed by atoms with van der Waals surface area (Å²) in [5.41, 5.74) is -0.654. The van der Waals surface area contributed by atoms with Gasteiger partial charge in [0.25, 0.3) is 0 Å². The second-order valence-corrected chi connectivity index (χ2v) is 8.26. The highest BCUT2D eigenvalue weighted by Gasteiger charge is 2.38. The van der Waals surface area contributed by atoms with Crippen molar-refractivity contribution in [3.8, 4) is 0 Å². The van der Waals surface area contributed by atoms with Crippen LogP contribution in [0.1, 0.15) is 39.7 Å². The Kier molecular flexibility index (Phi) is 5.87. The van der Waals surface area contributed by atoms with E-state index in [-0.39, 0.29) is 18.1 Å². The van der Waals surface area contributed by atoms with Gasteiger partial charge in [-0.1, -0.05) is 23.7 Å². The summed E-state index contributed by atoms with van der Waals surface area (Å²) in [7, 11) is 0. The van der Waals surface area contributed by atoms with Crippen LogP contribution in [0.25, 0.3) is 0 Å². The summed E-state index contributed by atoms with van der Waals surface area (Å²) in [6.45, 7) is 7.02. The molecule has 0 heterocycles. The van der Waals surface area contributed by atoms with Gasteiger partial charge in [-0.05, 0) is 40.2 Å². The van der Waals surface area contributed by atoms with E-state index >= 15 is 0 Å². The number of nitrogens with one attached hydrogen (secondary N) is 1. The van der Waals surface area contributed by atoms with E-state index in [1.807, 2.05) is 20.8 Å². The maximum absolute atomic E-state index is 14.2. The van der Waals surface area contributed by atoms with Gasteiger partial charge in [0.1, 0.15) is 10.6 Å². The van der Waals surface area contributed by atoms with E-state index in [0.717, 1.165) is 0 Å². The Morgan fingerprint density at radius 1 is 1.35 bits per heavy atom. The van der Waals surface area contributed by atoms with E-state index in [2.05, 4.69) is 4.72 Å². The van der Waals surface area contributed by atoms with Crippen molar-refractivity contribution < 1.29 is 14.0 Å². The van der Waals surface area contributed by atoms with Crippen molar-refractivity contribution in [1.29, 1.82) is 0 Å². The minimum absolute atomic E-state index is 0.00926. The van der Waals surface area contributed by atoms with E-state index in [1.165, 1.54) is 6.07 Å². The van der Waals surface area contributed by atoms with Crippen molar-refractivity contribution in [2.45, 2.75) is 44.4 Å². The standard InChI is InChI=1S/C14H21ClFNO2S/c1-13(2,3)20(19)17-14(4,8-9-18)10-6-5-7-11(15)12(10)16/h5-7,17-18H,8-9H2,1-4H3/t14-,20+/m0/s1. The number of hydrogen-bond donors (Lipinski definition) is 2. The fourth-order valence-electron chi connectivity index (χ4n) is 1.75. The highest BCUT2D eigenvalue weighted by Crippen LogP contribution is 2.32. The molecular formula is C14H21ClFNO2S. The summed E-state index contributed by atoms with van der Waals surface area (Å²) in [6.07, 6.45) is 0.228. The van der Waals surface area contributed by atoms with E-state index in [0.29, 0.717) is 5.56 Å². The summed E-state index contributed by atoms with van der Waals surface area (Å²) < 4.78 is 28.9. The minimum atomic E-state index is -1.39. The van der Waals surface area contributed by atoms with Gasteiger partial charge in [0.2, 0.25) is 0 Å². The van der Waals surface area contributed by atoms with Gasteiger partial charge >= 0.3 is 0 Å². The lowest BCUT2D eigenvalue weighted by Gasteiger charge is -2.35. The Balaban J connectivity index is 3.18. The summed E-state index contributed by atoms with van der Waals surface area (Å²) in [5, 5.41) is 9.25. The number of hydrogen-bond acceptors (Lipinski definition) is 3. The molecular weight excluding hydrogens is 301 g/mol. The van der Waals surface area contributed by atoms with Crippen molar-refractivity contribution >= 4 is 23.0 Å². The number of benzene rings is 1. The predicted octanol–water partition coefficient (Wildman–Crippen LogP) is 3.13. The zero-order chi connectivity index (χ0) is 15.6. The Hall–Kier alpha value is -0.330. The molecule has 1 rings (SSSR count). The summed E-state index contributed by atoms with van der Waals surface area (Å²) in [4.78, 5) is 0. The van der Waals surface area contributed by atoms with Gasteiger partial charge in [0.05, 0.1) is 10.6 Å². The van der Waals surface area contributed by atoms with Gasteiger partial charge in [-0.2, -0.15) is 0 Å². The van der Waals surface area contributed by atoms with Crippen molar-refractivity contribution in [1.82, 2.24) is 4.72 Å². The maximum atomic E-state index is 14.2. The molecule has 0 unspecified atom stereocenters. The molecule has 0 radical (unpaired) electrons. The minimum Gasteiger partial charge on any atom is -0.598 e. The Labute approximate surface area is 127 Å². The van der Waals surface area contributed by atoms with Crippen LogP contribution in [-0.2, 0) is 16.9 Å². The second-order valence-electron chi connectivity index (χ2n) is 5.89. The molecule has 0 aliphatic carbocycles. The van der Waals surface area contributed by atoms with Crippen LogP contribution in [0.5, 0.6) is 0 Å². The molecule has 20 heavy (non-hydrogen) atoms. The van der Waals surface area contributed by atoms with Crippen LogP contribution in [0.3, 0.4) is 0 Å². The van der Waals surface area contributed by atoms with Gasteiger partial charge in [-0.15, -0.1) is 4.72 Å². The molecule has 0 fully saturated rings. The number of aliphatic hydroxyl groups is 1. The molecule has 0 amide bonds. The van der Waals surface area contributed by atoms with Crippen LogP contribution >= 0.6 is 11.6 Å². The van der Waals surface area contributed by atoms with E-state index in [4.69, 9.17) is 11.6 Å². The molecule has 0 bridgehead atoms. The monoisotopic (exact) mass is 321 g/mol. The molecule has 0 aliphatic rings. The topological polar surface area (TPSA) is 55.3 Å². The third-order valence-corrected chi connectivity index (χ3v) is 5.07. The molecule has 1 aromatic carbocycles. The van der Waals surface area contributed by atoms with Crippen LogP contribution in [0.15, 0.2) is 18.2 Å². The quantitative estimate of drug-likeness (QED) is 0.819. The Morgan fingerprint density at radius 2 is 1.95 bits per heavy atom. The summed E-state index contributed by atoms with van der Waals surface area (Å²) >= 11 is 4.41. The Morgan fingerprint density at radius 3 is 2.45 bits per heavy atom. The highest BCUT2D eigenvalue weighted by molar-refractivity contribution is 7.90. The maximum Gasteiger partial charge on any atom is 0.146 e. The van der Waals surface area contributed by atoms with Crippen LogP contribution in [0, 0.1) is 5.82 Å². The van der Waals surface area contributed by atoms with E-state index in [1.54, 1.807) is 19.1 Å². The second kappa shape index (κ2) is 6.62. The van der Waals surface area contributed by atoms with Crippen molar-refractivity contribution in [3.63, 3.8) is 0 Å². The van der Waals surface area contributed by atoms with Gasteiger partial charge in [0, 0.05) is 23.5 Å². The zero-order valence-corrected chi connectivity index (χ0v) is 13.7. The molecule has 0 saturated heterocycles. The fraction of sp³-hybridized carbons (Fsp3) is 0.571. The third-order valence-electron chi connectivity index (χ3n) is 3.03. The first kappa shape index (κ1) is 17.7. The highest BCUT2D eigenvalue weighted by atomic mass is 35.5. The lowest BCUT2D eigenvalue weighted by Crippen LogP contribution is -2.50. The third kappa shape index (κ3) is 4.09. The smallest absolute Gasteiger partial charge is 0.146 e. The molecule has 0 spiro atoms. The summed E-state index contributed by atoms with van der Waals surface area (Å²) in [6, 6.07) is 4.68. The van der Waals surface area contributed by atoms with E-state index in [9.17, 15) is 14.0 Å². The average molecular weight is 322 g/mol. The number of aliphatic hydroxyl groups excluding tert-OH is 1. The molecule has 1 aromatic rings. The van der Waals surface area contributed by atoms with Crippen LogP contribution < -0.4 is 4.72 Å². The van der Waals surface area contributed by atoms with Gasteiger partial charge in [-0.3, -0.25) is 0 Å².